The smallest absolute Gasteiger partial charge is 0.394 e. The third kappa shape index (κ3) is 5.46. The quantitative estimate of drug-likeness (QED) is 0.198. The van der Waals surface area contributed by atoms with Crippen LogP contribution in [0.3, 0.4) is 0 Å². The average Bonchev–Trinajstić information content (AvgIpc) is 2.55. The van der Waals surface area contributed by atoms with E-state index in [2.05, 4.69) is 10.6 Å². The van der Waals surface area contributed by atoms with Crippen molar-refractivity contribution in [3.8, 4) is 0 Å². The molecule has 9 atom stereocenters. The Kier molecular flexibility index (Phi) is 8.63. The van der Waals surface area contributed by atoms with Crippen molar-refractivity contribution in [1.29, 1.82) is 0 Å². The summed E-state index contributed by atoms with van der Waals surface area (Å²) >= 11 is 0. The van der Waals surface area contributed by atoms with Gasteiger partial charge in [0.05, 0.1) is 24.3 Å². The summed E-state index contributed by atoms with van der Waals surface area (Å²) in [6.07, 6.45) is -5.58. The highest BCUT2D eigenvalue weighted by Gasteiger charge is 2.63. The molecule has 3 rings (SSSR count). The molecule has 2 heterocycles. The number of hydrogen-bond donors (Lipinski definition) is 7. The van der Waals surface area contributed by atoms with E-state index in [4.69, 9.17) is 31.7 Å². The van der Waals surface area contributed by atoms with Gasteiger partial charge in [-0.25, -0.2) is 0 Å². The molecule has 3 fully saturated rings. The maximum Gasteiger partial charge on any atom is 0.394 e. The summed E-state index contributed by atoms with van der Waals surface area (Å²) in [6, 6.07) is -1.29. The molecule has 1 aliphatic carbocycles. The van der Waals surface area contributed by atoms with Crippen molar-refractivity contribution in [2.45, 2.75) is 68.0 Å². The van der Waals surface area contributed by atoms with Crippen molar-refractivity contribution in [1.82, 2.24) is 10.6 Å². The van der Waals surface area contributed by atoms with E-state index in [0.717, 1.165) is 0 Å². The van der Waals surface area contributed by atoms with Crippen LogP contribution in [0.15, 0.2) is 0 Å². The number of hydrogen-bond acceptors (Lipinski definition) is 11. The fraction of sp³-hybridized carbons (Fsp3) is 0.929. The monoisotopic (exact) mass is 448 g/mol. The molecule has 0 radical (unpaired) electrons. The Hall–Kier alpha value is -0.820. The van der Waals surface area contributed by atoms with Crippen molar-refractivity contribution in [3.05, 3.63) is 0 Å². The molecule has 0 aromatic carbocycles. The summed E-state index contributed by atoms with van der Waals surface area (Å²) < 4.78 is 48.4. The van der Waals surface area contributed by atoms with Gasteiger partial charge in [-0.1, -0.05) is 0 Å². The Morgan fingerprint density at radius 2 is 1.55 bits per heavy atom. The van der Waals surface area contributed by atoms with Crippen LogP contribution in [0.25, 0.3) is 0 Å². The molecule has 3 aliphatic rings. The SMILES string of the molecule is CN[C@@H]1[C@H](O)[C@H](NC)[C@H]2O[C@@]3(O)C(=O)C[C@@H](C)O[C@H]3O[C@@H]2[C@H]1O.O.O=S(=O)(O)O. The molecule has 29 heavy (non-hydrogen) atoms. The lowest BCUT2D eigenvalue weighted by Crippen LogP contribution is -2.77. The molecule has 0 unspecified atom stereocenters. The van der Waals surface area contributed by atoms with Gasteiger partial charge in [0.15, 0.2) is 5.78 Å². The van der Waals surface area contributed by atoms with Crippen LogP contribution < -0.4 is 10.6 Å². The van der Waals surface area contributed by atoms with Crippen LogP contribution in [-0.2, 0) is 29.4 Å². The Labute approximate surface area is 167 Å². The number of ketones is 1. The molecule has 0 aromatic rings. The standard InChI is InChI=1S/C14H24N2O7.H2O4S.H2O/c1-5-4-6(17)14(20)13(21-5)22-12-10(19)7(15-2)9(18)8(16-3)11(12)23-14;1-5(2,3)4;/h5,7-13,15-16,18-20H,4H2,1-3H3;(H2,1,2,3,4);1H2/t5-,7-,8+,9+,10+,11-,12-,13+,14+;;/m1../s1. The largest absolute Gasteiger partial charge is 0.412 e. The lowest BCUT2D eigenvalue weighted by molar-refractivity contribution is -0.420. The van der Waals surface area contributed by atoms with E-state index in [-0.39, 0.29) is 11.9 Å². The van der Waals surface area contributed by atoms with E-state index in [1.807, 2.05) is 0 Å². The molecule has 2 saturated heterocycles. The highest BCUT2D eigenvalue weighted by molar-refractivity contribution is 7.79. The molecule has 9 N–H and O–H groups in total. The van der Waals surface area contributed by atoms with Gasteiger partial charge in [-0.15, -0.1) is 0 Å². The molecule has 172 valence electrons. The third-order valence-corrected chi connectivity index (χ3v) is 4.93. The van der Waals surface area contributed by atoms with E-state index in [9.17, 15) is 20.1 Å². The van der Waals surface area contributed by atoms with Crippen molar-refractivity contribution >= 4 is 16.2 Å². The van der Waals surface area contributed by atoms with E-state index >= 15 is 0 Å². The summed E-state index contributed by atoms with van der Waals surface area (Å²) in [7, 11) is -1.43. The average molecular weight is 448 g/mol. The minimum atomic E-state index is -4.67. The number of ether oxygens (including phenoxy) is 3. The Morgan fingerprint density at radius 3 is 2.03 bits per heavy atom. The molecule has 0 aromatic heterocycles. The first-order valence-electron chi connectivity index (χ1n) is 8.48. The lowest BCUT2D eigenvalue weighted by atomic mass is 9.80. The number of aliphatic hydroxyl groups is 3. The summed E-state index contributed by atoms with van der Waals surface area (Å²) in [4.78, 5) is 12.2. The fourth-order valence-electron chi connectivity index (χ4n) is 3.68. The highest BCUT2D eigenvalue weighted by atomic mass is 32.3. The van der Waals surface area contributed by atoms with Gasteiger partial charge in [-0.05, 0) is 21.0 Å². The number of nitrogens with one attached hydrogen (secondary N) is 2. The van der Waals surface area contributed by atoms with Crippen LogP contribution in [-0.4, -0.2) is 113 Å². The minimum Gasteiger partial charge on any atom is -0.412 e. The van der Waals surface area contributed by atoms with Crippen LogP contribution in [0.4, 0.5) is 0 Å². The van der Waals surface area contributed by atoms with E-state index in [1.54, 1.807) is 21.0 Å². The van der Waals surface area contributed by atoms with Gasteiger partial charge in [0.25, 0.3) is 5.79 Å². The summed E-state index contributed by atoms with van der Waals surface area (Å²) in [6.45, 7) is 1.70. The van der Waals surface area contributed by atoms with Gasteiger partial charge >= 0.3 is 10.4 Å². The Morgan fingerprint density at radius 1 is 1.03 bits per heavy atom. The van der Waals surface area contributed by atoms with Crippen molar-refractivity contribution in [3.63, 3.8) is 0 Å². The molecule has 0 spiro atoms. The van der Waals surface area contributed by atoms with Gasteiger partial charge in [0.1, 0.15) is 18.3 Å². The number of carbonyl (C=O) groups is 1. The van der Waals surface area contributed by atoms with Crippen molar-refractivity contribution < 1.29 is 57.3 Å². The van der Waals surface area contributed by atoms with Crippen LogP contribution in [0, 0.1) is 0 Å². The van der Waals surface area contributed by atoms with Crippen molar-refractivity contribution in [2.75, 3.05) is 14.1 Å². The number of aliphatic hydroxyl groups excluding tert-OH is 2. The Bertz CT molecular complexity index is 670. The van der Waals surface area contributed by atoms with E-state index in [0.29, 0.717) is 0 Å². The maximum atomic E-state index is 12.2. The first-order valence-corrected chi connectivity index (χ1v) is 9.88. The van der Waals surface area contributed by atoms with Gasteiger partial charge in [-0.3, -0.25) is 13.9 Å². The molecule has 0 amide bonds. The van der Waals surface area contributed by atoms with Gasteiger partial charge in [-0.2, -0.15) is 8.42 Å². The van der Waals surface area contributed by atoms with Crippen molar-refractivity contribution in [2.24, 2.45) is 0 Å². The molecule has 2 aliphatic heterocycles. The van der Waals surface area contributed by atoms with Crippen LogP contribution >= 0.6 is 0 Å². The summed E-state index contributed by atoms with van der Waals surface area (Å²) in [5, 5.41) is 37.2. The predicted octanol–water partition coefficient (Wildman–Crippen LogP) is -4.40. The second-order valence-corrected chi connectivity index (χ2v) is 7.74. The second kappa shape index (κ2) is 9.54. The number of fused-ring (bicyclic) bond motifs is 2. The first kappa shape index (κ1) is 26.2. The molecule has 15 heteroatoms. The van der Waals surface area contributed by atoms with Crippen LogP contribution in [0.1, 0.15) is 13.3 Å². The number of Topliss-reactive ketones (excluding diaryl/α,β-unsaturated/α-hetero) is 1. The zero-order valence-corrected chi connectivity index (χ0v) is 16.7. The Balaban J connectivity index is 0.000000628. The number of rotatable bonds is 2. The molecule has 0 bridgehead atoms. The van der Waals surface area contributed by atoms with Gasteiger partial charge in [0.2, 0.25) is 6.29 Å². The predicted molar refractivity (Wildman–Crippen MR) is 94.2 cm³/mol. The summed E-state index contributed by atoms with van der Waals surface area (Å²) in [5.74, 6) is -2.76. The fourth-order valence-corrected chi connectivity index (χ4v) is 3.68. The third-order valence-electron chi connectivity index (χ3n) is 4.93. The van der Waals surface area contributed by atoms with Gasteiger partial charge in [0, 0.05) is 6.42 Å². The topological polar surface area (TPSA) is 236 Å². The second-order valence-electron chi connectivity index (χ2n) is 6.84. The first-order chi connectivity index (χ1) is 12.8. The van der Waals surface area contributed by atoms with E-state index in [1.165, 1.54) is 0 Å². The molecule has 1 saturated carbocycles. The van der Waals surface area contributed by atoms with Gasteiger partial charge < -0.3 is 45.6 Å². The summed E-state index contributed by atoms with van der Waals surface area (Å²) in [5.41, 5.74) is 0. The van der Waals surface area contributed by atoms with Crippen LogP contribution in [0.5, 0.6) is 0 Å². The zero-order valence-electron chi connectivity index (χ0n) is 15.9. The minimum absolute atomic E-state index is 0. The number of likely N-dealkylation sites (N-methyl/N-ethyl adjacent to an activating group) is 2. The lowest BCUT2D eigenvalue weighted by Gasteiger charge is -2.55. The maximum absolute atomic E-state index is 12.2. The zero-order chi connectivity index (χ0) is 21.4. The number of carbonyl (C=O) groups excluding carboxylic acids is 1. The van der Waals surface area contributed by atoms with E-state index < -0.39 is 70.9 Å². The molecular formula is C14H28N2O12S. The molecular weight excluding hydrogens is 420 g/mol. The highest BCUT2D eigenvalue weighted by Crippen LogP contribution is 2.40. The molecule has 14 nitrogen and oxygen atoms in total. The normalized spacial score (nSPS) is 44.5. The van der Waals surface area contributed by atoms with Crippen LogP contribution in [0.2, 0.25) is 0 Å².